The highest BCUT2D eigenvalue weighted by molar-refractivity contribution is 5.83. The first-order chi connectivity index (χ1) is 11.6. The summed E-state index contributed by atoms with van der Waals surface area (Å²) in [6.45, 7) is 2.91. The first-order valence-corrected chi connectivity index (χ1v) is 8.11. The molecule has 0 bridgehead atoms. The van der Waals surface area contributed by atoms with Gasteiger partial charge in [-0.2, -0.15) is 0 Å². The van der Waals surface area contributed by atoms with E-state index in [0.717, 1.165) is 27.8 Å². The van der Waals surface area contributed by atoms with E-state index in [2.05, 4.69) is 12.1 Å². The Morgan fingerprint density at radius 3 is 2.46 bits per heavy atom. The third-order valence-electron chi connectivity index (χ3n) is 4.81. The summed E-state index contributed by atoms with van der Waals surface area (Å²) in [5.41, 5.74) is 10.4. The van der Waals surface area contributed by atoms with Crippen molar-refractivity contribution in [3.05, 3.63) is 70.3 Å². The van der Waals surface area contributed by atoms with Crippen LogP contribution in [-0.4, -0.2) is 19.1 Å². The highest BCUT2D eigenvalue weighted by Gasteiger charge is 2.44. The molecule has 4 heteroatoms. The lowest BCUT2D eigenvalue weighted by molar-refractivity contribution is -0.130. The summed E-state index contributed by atoms with van der Waals surface area (Å²) >= 11 is 0. The lowest BCUT2D eigenvalue weighted by Gasteiger charge is -2.30. The lowest BCUT2D eigenvalue weighted by atomic mass is 9.89. The van der Waals surface area contributed by atoms with Gasteiger partial charge in [0.25, 0.3) is 0 Å². The quantitative estimate of drug-likeness (QED) is 0.925. The Kier molecular flexibility index (Phi) is 3.52. The van der Waals surface area contributed by atoms with Crippen molar-refractivity contribution in [2.75, 3.05) is 13.2 Å². The molecule has 4 nitrogen and oxygen atoms in total. The van der Waals surface area contributed by atoms with Crippen molar-refractivity contribution in [2.24, 2.45) is 5.73 Å². The van der Waals surface area contributed by atoms with Crippen LogP contribution < -0.4 is 5.73 Å². The topological polar surface area (TPSA) is 61.6 Å². The van der Waals surface area contributed by atoms with Crippen molar-refractivity contribution in [2.45, 2.75) is 18.6 Å². The van der Waals surface area contributed by atoms with E-state index in [-0.39, 0.29) is 11.8 Å². The standard InChI is InChI=1S/C20H19NO3/c1-13(19(21)22)15-8-9-18-16(12-15)7-6-14-4-2-3-5-17(14)20(18)23-10-11-24-20/h2-9,12-13H,10-11H2,1H3,(H2,21,22). The number of benzene rings is 2. The molecule has 1 spiro atoms. The van der Waals surface area contributed by atoms with Gasteiger partial charge in [-0.25, -0.2) is 0 Å². The van der Waals surface area contributed by atoms with Gasteiger partial charge in [0.15, 0.2) is 0 Å². The molecule has 2 aliphatic rings. The molecule has 1 fully saturated rings. The third-order valence-corrected chi connectivity index (χ3v) is 4.81. The maximum atomic E-state index is 11.5. The van der Waals surface area contributed by atoms with Gasteiger partial charge in [0.2, 0.25) is 11.7 Å². The van der Waals surface area contributed by atoms with Gasteiger partial charge in [0.1, 0.15) is 0 Å². The summed E-state index contributed by atoms with van der Waals surface area (Å²) in [6, 6.07) is 14.0. The van der Waals surface area contributed by atoms with E-state index < -0.39 is 5.79 Å². The van der Waals surface area contributed by atoms with Crippen molar-refractivity contribution in [1.82, 2.24) is 0 Å². The largest absolute Gasteiger partial charge is 0.369 e. The maximum absolute atomic E-state index is 11.5. The van der Waals surface area contributed by atoms with E-state index >= 15 is 0 Å². The Hall–Kier alpha value is -2.43. The van der Waals surface area contributed by atoms with Gasteiger partial charge in [-0.15, -0.1) is 0 Å². The molecule has 0 saturated carbocycles. The molecular weight excluding hydrogens is 302 g/mol. The van der Waals surface area contributed by atoms with Crippen molar-refractivity contribution in [3.8, 4) is 0 Å². The molecule has 1 aliphatic heterocycles. The highest BCUT2D eigenvalue weighted by Crippen LogP contribution is 2.44. The van der Waals surface area contributed by atoms with Gasteiger partial charge in [-0.3, -0.25) is 4.79 Å². The number of hydrogen-bond acceptors (Lipinski definition) is 3. The summed E-state index contributed by atoms with van der Waals surface area (Å²) < 4.78 is 12.2. The van der Waals surface area contributed by atoms with E-state index in [9.17, 15) is 4.79 Å². The fourth-order valence-electron chi connectivity index (χ4n) is 3.44. The molecule has 2 N–H and O–H groups in total. The number of amides is 1. The second-order valence-corrected chi connectivity index (χ2v) is 6.20. The minimum absolute atomic E-state index is 0.334. The molecule has 1 amide bonds. The summed E-state index contributed by atoms with van der Waals surface area (Å²) in [4.78, 5) is 11.5. The lowest BCUT2D eigenvalue weighted by Crippen LogP contribution is -2.30. The first kappa shape index (κ1) is 15.1. The Labute approximate surface area is 140 Å². The molecule has 1 unspecified atom stereocenters. The Bertz CT molecular complexity index is 835. The molecule has 1 saturated heterocycles. The zero-order valence-electron chi connectivity index (χ0n) is 13.5. The van der Waals surface area contributed by atoms with Gasteiger partial charge >= 0.3 is 0 Å². The molecule has 2 aromatic carbocycles. The Morgan fingerprint density at radius 1 is 1.04 bits per heavy atom. The summed E-state index contributed by atoms with van der Waals surface area (Å²) in [7, 11) is 0. The molecule has 122 valence electrons. The van der Waals surface area contributed by atoms with Crippen LogP contribution in [0.2, 0.25) is 0 Å². The predicted molar refractivity (Wildman–Crippen MR) is 92.1 cm³/mol. The minimum atomic E-state index is -0.885. The second kappa shape index (κ2) is 5.58. The number of carbonyl (C=O) groups excluding carboxylic acids is 1. The SMILES string of the molecule is CC(C(N)=O)c1ccc2c(c1)C=Cc1ccccc1C21OCCO1. The fraction of sp³-hybridized carbons (Fsp3) is 0.250. The number of rotatable bonds is 2. The van der Waals surface area contributed by atoms with E-state index in [4.69, 9.17) is 15.2 Å². The normalized spacial score (nSPS) is 18.7. The minimum Gasteiger partial charge on any atom is -0.369 e. The number of primary amides is 1. The summed E-state index contributed by atoms with van der Waals surface area (Å²) in [5.74, 6) is -1.56. The molecule has 24 heavy (non-hydrogen) atoms. The second-order valence-electron chi connectivity index (χ2n) is 6.20. The number of nitrogens with two attached hydrogens (primary N) is 1. The number of hydrogen-bond donors (Lipinski definition) is 1. The van der Waals surface area contributed by atoms with Crippen LogP contribution in [0.3, 0.4) is 0 Å². The van der Waals surface area contributed by atoms with Gasteiger partial charge < -0.3 is 15.2 Å². The monoisotopic (exact) mass is 321 g/mol. The van der Waals surface area contributed by atoms with Gasteiger partial charge in [-0.1, -0.05) is 54.6 Å². The maximum Gasteiger partial charge on any atom is 0.224 e. The van der Waals surface area contributed by atoms with Crippen LogP contribution >= 0.6 is 0 Å². The van der Waals surface area contributed by atoms with Crippen LogP contribution in [-0.2, 0) is 20.1 Å². The molecule has 1 aliphatic carbocycles. The van der Waals surface area contributed by atoms with Gasteiger partial charge in [-0.05, 0) is 23.6 Å². The Balaban J connectivity index is 1.92. The van der Waals surface area contributed by atoms with Crippen molar-refractivity contribution in [1.29, 1.82) is 0 Å². The van der Waals surface area contributed by atoms with Crippen LogP contribution in [0.5, 0.6) is 0 Å². The fourth-order valence-corrected chi connectivity index (χ4v) is 3.44. The van der Waals surface area contributed by atoms with Crippen LogP contribution in [0.15, 0.2) is 42.5 Å². The van der Waals surface area contributed by atoms with Crippen LogP contribution in [0.4, 0.5) is 0 Å². The third kappa shape index (κ3) is 2.19. The molecule has 2 aromatic rings. The van der Waals surface area contributed by atoms with Crippen molar-refractivity contribution in [3.63, 3.8) is 0 Å². The summed E-state index contributed by atoms with van der Waals surface area (Å²) in [5, 5.41) is 0. The average Bonchev–Trinajstić information content (AvgIpc) is 3.04. The number of ether oxygens (including phenoxy) is 2. The molecule has 1 atom stereocenters. The van der Waals surface area contributed by atoms with Crippen LogP contribution in [0.1, 0.15) is 40.7 Å². The molecule has 4 rings (SSSR count). The van der Waals surface area contributed by atoms with Crippen LogP contribution in [0.25, 0.3) is 12.2 Å². The molecule has 1 heterocycles. The molecular formula is C20H19NO3. The zero-order chi connectivity index (χ0) is 16.7. The van der Waals surface area contributed by atoms with Gasteiger partial charge in [0.05, 0.1) is 19.1 Å². The zero-order valence-corrected chi connectivity index (χ0v) is 13.5. The predicted octanol–water partition coefficient (Wildman–Crippen LogP) is 3.01. The smallest absolute Gasteiger partial charge is 0.224 e. The Morgan fingerprint density at radius 2 is 1.71 bits per heavy atom. The van der Waals surface area contributed by atoms with Crippen molar-refractivity contribution >= 4 is 18.1 Å². The first-order valence-electron chi connectivity index (χ1n) is 8.11. The van der Waals surface area contributed by atoms with E-state index in [1.807, 2.05) is 49.4 Å². The number of fused-ring (bicyclic) bond motifs is 4. The van der Waals surface area contributed by atoms with E-state index in [1.54, 1.807) is 0 Å². The van der Waals surface area contributed by atoms with Crippen LogP contribution in [0, 0.1) is 0 Å². The van der Waals surface area contributed by atoms with E-state index in [0.29, 0.717) is 13.2 Å². The van der Waals surface area contributed by atoms with Crippen molar-refractivity contribution < 1.29 is 14.3 Å². The highest BCUT2D eigenvalue weighted by atomic mass is 16.7. The van der Waals surface area contributed by atoms with E-state index in [1.165, 1.54) is 0 Å². The number of carbonyl (C=O) groups is 1. The molecule has 0 radical (unpaired) electrons. The molecule has 0 aromatic heterocycles. The van der Waals surface area contributed by atoms with Gasteiger partial charge in [0, 0.05) is 11.1 Å². The summed E-state index contributed by atoms with van der Waals surface area (Å²) in [6.07, 6.45) is 4.11. The average molecular weight is 321 g/mol.